The molecule has 0 aliphatic rings. The van der Waals surface area contributed by atoms with Gasteiger partial charge in [-0.25, -0.2) is 0 Å². The van der Waals surface area contributed by atoms with Gasteiger partial charge in [0.15, 0.2) is 0 Å². The van der Waals surface area contributed by atoms with Crippen molar-refractivity contribution in [3.05, 3.63) is 29.3 Å². The third-order valence-electron chi connectivity index (χ3n) is 2.36. The molecule has 18 heavy (non-hydrogen) atoms. The van der Waals surface area contributed by atoms with E-state index >= 15 is 0 Å². The molecule has 0 bridgehead atoms. The number of unbranched alkanes of at least 4 members (excludes halogenated alkanes) is 1. The smallest absolute Gasteiger partial charge is 0.223 e. The summed E-state index contributed by atoms with van der Waals surface area (Å²) in [5.74, 6) is 0.719. The van der Waals surface area contributed by atoms with Gasteiger partial charge in [-0.3, -0.25) is 4.79 Å². The first kappa shape index (κ1) is 14.8. The molecule has 1 aromatic carbocycles. The van der Waals surface area contributed by atoms with Crippen LogP contribution in [0.4, 0.5) is 0 Å². The van der Waals surface area contributed by atoms with Gasteiger partial charge in [0, 0.05) is 11.6 Å². The minimum absolute atomic E-state index is 0.000912. The number of carbonyl (C=O) groups is 1. The molecule has 0 aliphatic carbocycles. The van der Waals surface area contributed by atoms with Gasteiger partial charge in [-0.2, -0.15) is 0 Å². The molecule has 100 valence electrons. The normalized spacial score (nSPS) is 10.1. The highest BCUT2D eigenvalue weighted by atomic mass is 35.5. The molecule has 1 aromatic rings. The van der Waals surface area contributed by atoms with E-state index in [-0.39, 0.29) is 5.91 Å². The lowest BCUT2D eigenvalue weighted by Gasteiger charge is -2.07. The highest BCUT2D eigenvalue weighted by Crippen LogP contribution is 2.15. The summed E-state index contributed by atoms with van der Waals surface area (Å²) in [6.07, 6.45) is 2.20. The van der Waals surface area contributed by atoms with E-state index in [0.29, 0.717) is 31.1 Å². The molecule has 0 spiro atoms. The zero-order valence-electron chi connectivity index (χ0n) is 10.3. The molecule has 0 aliphatic heterocycles. The van der Waals surface area contributed by atoms with Crippen LogP contribution in [0.5, 0.6) is 5.75 Å². The van der Waals surface area contributed by atoms with E-state index < -0.39 is 0 Å². The zero-order chi connectivity index (χ0) is 13.2. The van der Waals surface area contributed by atoms with Crippen molar-refractivity contribution in [2.24, 2.45) is 5.73 Å². The van der Waals surface area contributed by atoms with Gasteiger partial charge in [-0.15, -0.1) is 0 Å². The summed E-state index contributed by atoms with van der Waals surface area (Å²) in [5.41, 5.74) is 5.36. The minimum Gasteiger partial charge on any atom is -0.493 e. The summed E-state index contributed by atoms with van der Waals surface area (Å²) < 4.78 is 5.42. The van der Waals surface area contributed by atoms with Crippen molar-refractivity contribution in [2.75, 3.05) is 19.7 Å². The number of ether oxygens (including phenoxy) is 1. The van der Waals surface area contributed by atoms with Crippen LogP contribution in [0.3, 0.4) is 0 Å². The zero-order valence-corrected chi connectivity index (χ0v) is 11.1. The van der Waals surface area contributed by atoms with Gasteiger partial charge in [-0.05, 0) is 43.7 Å². The Morgan fingerprint density at radius 2 is 2.00 bits per heavy atom. The second-order valence-electron chi connectivity index (χ2n) is 3.90. The van der Waals surface area contributed by atoms with Crippen molar-refractivity contribution in [1.29, 1.82) is 0 Å². The fourth-order valence-electron chi connectivity index (χ4n) is 1.38. The van der Waals surface area contributed by atoms with Gasteiger partial charge in [-0.1, -0.05) is 11.6 Å². The fraction of sp³-hybridized carbons (Fsp3) is 0.462. The van der Waals surface area contributed by atoms with E-state index in [1.54, 1.807) is 24.3 Å². The molecule has 3 N–H and O–H groups in total. The average Bonchev–Trinajstić information content (AvgIpc) is 2.37. The van der Waals surface area contributed by atoms with Gasteiger partial charge in [0.1, 0.15) is 5.75 Å². The molecule has 0 saturated carbocycles. The van der Waals surface area contributed by atoms with Crippen molar-refractivity contribution in [3.63, 3.8) is 0 Å². The highest BCUT2D eigenvalue weighted by molar-refractivity contribution is 6.30. The predicted octanol–water partition coefficient (Wildman–Crippen LogP) is 1.96. The van der Waals surface area contributed by atoms with Gasteiger partial charge in [0.2, 0.25) is 5.91 Å². The number of amides is 1. The predicted molar refractivity (Wildman–Crippen MR) is 72.9 cm³/mol. The average molecular weight is 271 g/mol. The molecule has 0 atom stereocenters. The quantitative estimate of drug-likeness (QED) is 0.710. The number of halogens is 1. The van der Waals surface area contributed by atoms with Gasteiger partial charge in [0.05, 0.1) is 13.0 Å². The molecule has 4 nitrogen and oxygen atoms in total. The van der Waals surface area contributed by atoms with Crippen molar-refractivity contribution in [1.82, 2.24) is 5.32 Å². The molecule has 0 radical (unpaired) electrons. The molecule has 0 fully saturated rings. The summed E-state index contributed by atoms with van der Waals surface area (Å²) in [4.78, 5) is 11.4. The Hall–Kier alpha value is -1.26. The fourth-order valence-corrected chi connectivity index (χ4v) is 1.50. The van der Waals surface area contributed by atoms with Crippen LogP contribution in [0, 0.1) is 0 Å². The van der Waals surface area contributed by atoms with E-state index in [0.717, 1.165) is 18.6 Å². The van der Waals surface area contributed by atoms with E-state index in [9.17, 15) is 4.79 Å². The largest absolute Gasteiger partial charge is 0.493 e. The lowest BCUT2D eigenvalue weighted by molar-refractivity contribution is -0.121. The lowest BCUT2D eigenvalue weighted by atomic mass is 10.3. The number of rotatable bonds is 8. The van der Waals surface area contributed by atoms with Crippen LogP contribution in [-0.2, 0) is 4.79 Å². The van der Waals surface area contributed by atoms with Crippen LogP contribution in [0.1, 0.15) is 19.3 Å². The monoisotopic (exact) mass is 270 g/mol. The molecule has 0 saturated heterocycles. The lowest BCUT2D eigenvalue weighted by Crippen LogP contribution is -2.26. The molecule has 0 aromatic heterocycles. The van der Waals surface area contributed by atoms with Crippen LogP contribution in [0.15, 0.2) is 24.3 Å². The Morgan fingerprint density at radius 3 is 2.67 bits per heavy atom. The molecule has 5 heteroatoms. The summed E-state index contributed by atoms with van der Waals surface area (Å²) in [6, 6.07) is 7.07. The summed E-state index contributed by atoms with van der Waals surface area (Å²) >= 11 is 5.75. The number of nitrogens with one attached hydrogen (secondary N) is 1. The van der Waals surface area contributed by atoms with E-state index in [4.69, 9.17) is 22.1 Å². The van der Waals surface area contributed by atoms with Crippen LogP contribution < -0.4 is 15.8 Å². The summed E-state index contributed by atoms with van der Waals surface area (Å²) in [5, 5.41) is 3.48. The number of benzene rings is 1. The Morgan fingerprint density at radius 1 is 1.28 bits per heavy atom. The second-order valence-corrected chi connectivity index (χ2v) is 4.33. The second kappa shape index (κ2) is 8.78. The van der Waals surface area contributed by atoms with E-state index in [1.807, 2.05) is 0 Å². The molecule has 0 unspecified atom stereocenters. The Labute approximate surface area is 112 Å². The van der Waals surface area contributed by atoms with Gasteiger partial charge < -0.3 is 15.8 Å². The van der Waals surface area contributed by atoms with Crippen LogP contribution >= 0.6 is 11.6 Å². The maximum absolute atomic E-state index is 11.4. The molecular weight excluding hydrogens is 252 g/mol. The van der Waals surface area contributed by atoms with E-state index in [1.165, 1.54) is 0 Å². The number of nitrogens with two attached hydrogens (primary N) is 1. The molecule has 1 amide bonds. The molecular formula is C13H19ClN2O2. The first-order valence-electron chi connectivity index (χ1n) is 6.07. The third-order valence-corrected chi connectivity index (χ3v) is 2.62. The summed E-state index contributed by atoms with van der Waals surface area (Å²) in [7, 11) is 0. The Bertz CT molecular complexity index is 355. The number of hydrogen-bond donors (Lipinski definition) is 2. The molecule has 1 rings (SSSR count). The summed E-state index contributed by atoms with van der Waals surface area (Å²) in [6.45, 7) is 1.71. The molecule has 0 heterocycles. The van der Waals surface area contributed by atoms with Gasteiger partial charge >= 0.3 is 0 Å². The maximum atomic E-state index is 11.4. The SMILES string of the molecule is NCCCCNC(=O)CCOc1ccc(Cl)cc1. The standard InChI is InChI=1S/C13H19ClN2O2/c14-11-3-5-12(6-4-11)18-10-7-13(17)16-9-2-1-8-15/h3-6H,1-2,7-10,15H2,(H,16,17). The van der Waals surface area contributed by atoms with Crippen molar-refractivity contribution < 1.29 is 9.53 Å². The third kappa shape index (κ3) is 6.47. The number of hydrogen-bond acceptors (Lipinski definition) is 3. The van der Waals surface area contributed by atoms with Crippen LogP contribution in [-0.4, -0.2) is 25.6 Å². The first-order chi connectivity index (χ1) is 8.72. The van der Waals surface area contributed by atoms with E-state index in [2.05, 4.69) is 5.32 Å². The van der Waals surface area contributed by atoms with Gasteiger partial charge in [0.25, 0.3) is 0 Å². The Kier molecular flexibility index (Phi) is 7.22. The number of carbonyl (C=O) groups excluding carboxylic acids is 1. The Balaban J connectivity index is 2.10. The topological polar surface area (TPSA) is 64.3 Å². The van der Waals surface area contributed by atoms with Crippen molar-refractivity contribution in [3.8, 4) is 5.75 Å². The van der Waals surface area contributed by atoms with Crippen LogP contribution in [0.25, 0.3) is 0 Å². The van der Waals surface area contributed by atoms with Crippen molar-refractivity contribution >= 4 is 17.5 Å². The first-order valence-corrected chi connectivity index (χ1v) is 6.45. The highest BCUT2D eigenvalue weighted by Gasteiger charge is 2.01. The maximum Gasteiger partial charge on any atom is 0.223 e. The van der Waals surface area contributed by atoms with Crippen LogP contribution in [0.2, 0.25) is 5.02 Å². The minimum atomic E-state index is 0.000912. The van der Waals surface area contributed by atoms with Crippen molar-refractivity contribution in [2.45, 2.75) is 19.3 Å².